The Labute approximate surface area is 159 Å². The minimum atomic E-state index is -0.713. The van der Waals surface area contributed by atoms with Gasteiger partial charge in [-0.25, -0.2) is 4.79 Å². The molecule has 2 aromatic heterocycles. The molecule has 9 nitrogen and oxygen atoms in total. The van der Waals surface area contributed by atoms with E-state index in [1.54, 1.807) is 0 Å². The van der Waals surface area contributed by atoms with Crippen LogP contribution in [0.1, 0.15) is 64.4 Å². The predicted octanol–water partition coefficient (Wildman–Crippen LogP) is 3.47. The molecular formula is C17H20N4O5S. The second kappa shape index (κ2) is 7.87. The Hall–Kier alpha value is -2.75. The summed E-state index contributed by atoms with van der Waals surface area (Å²) in [5.74, 6) is -1.19. The maximum absolute atomic E-state index is 12.7. The second-order valence-corrected chi connectivity index (χ2v) is 7.49. The van der Waals surface area contributed by atoms with E-state index >= 15 is 0 Å². The van der Waals surface area contributed by atoms with Crippen molar-refractivity contribution in [1.82, 2.24) is 10.2 Å². The van der Waals surface area contributed by atoms with Gasteiger partial charge in [-0.05, 0) is 44.6 Å². The normalized spacial score (nSPS) is 14.3. The summed E-state index contributed by atoms with van der Waals surface area (Å²) in [4.78, 5) is 36.6. The minimum Gasteiger partial charge on any atom is -0.459 e. The first kappa shape index (κ1) is 19.0. The standard InChI is InChI=1S/C17H20N4O5S/c1-3-9(2)26-17(23)13-10-6-4-5-7-12(10)27-16(13)19-15(22)14-11(21(24)25)8-18-20-14/h8-9H,3-7H2,1-2H3,(H,18,20)(H,19,22). The van der Waals surface area contributed by atoms with Crippen LogP contribution in [0.3, 0.4) is 0 Å². The van der Waals surface area contributed by atoms with Gasteiger partial charge in [0, 0.05) is 4.88 Å². The summed E-state index contributed by atoms with van der Waals surface area (Å²) in [6.07, 6.45) is 4.99. The highest BCUT2D eigenvalue weighted by Crippen LogP contribution is 2.39. The molecule has 3 rings (SSSR count). The van der Waals surface area contributed by atoms with Crippen LogP contribution in [-0.4, -0.2) is 33.1 Å². The number of aromatic nitrogens is 2. The van der Waals surface area contributed by atoms with E-state index < -0.39 is 22.5 Å². The molecular weight excluding hydrogens is 372 g/mol. The first-order valence-electron chi connectivity index (χ1n) is 8.77. The number of nitro groups is 1. The molecule has 1 aliphatic rings. The summed E-state index contributed by atoms with van der Waals surface area (Å²) in [7, 11) is 0. The fourth-order valence-corrected chi connectivity index (χ4v) is 4.22. The van der Waals surface area contributed by atoms with E-state index in [9.17, 15) is 19.7 Å². The molecule has 0 aromatic carbocycles. The SMILES string of the molecule is CCC(C)OC(=O)c1c(NC(=O)c2[nH]ncc2[N+](=O)[O-])sc2c1CCCC2. The van der Waals surface area contributed by atoms with Gasteiger partial charge in [-0.2, -0.15) is 5.10 Å². The molecule has 0 aliphatic heterocycles. The molecule has 2 heterocycles. The third-order valence-corrected chi connectivity index (χ3v) is 5.74. The van der Waals surface area contributed by atoms with Crippen LogP contribution in [0.25, 0.3) is 0 Å². The fraction of sp³-hybridized carbons (Fsp3) is 0.471. The predicted molar refractivity (Wildman–Crippen MR) is 99.3 cm³/mol. The van der Waals surface area contributed by atoms with Crippen LogP contribution in [0.15, 0.2) is 6.20 Å². The zero-order valence-corrected chi connectivity index (χ0v) is 15.9. The van der Waals surface area contributed by atoms with Gasteiger partial charge >= 0.3 is 11.7 Å². The number of fused-ring (bicyclic) bond motifs is 1. The minimum absolute atomic E-state index is 0.242. The van der Waals surface area contributed by atoms with E-state index in [1.165, 1.54) is 11.3 Å². The van der Waals surface area contributed by atoms with Crippen LogP contribution in [0.5, 0.6) is 0 Å². The molecule has 27 heavy (non-hydrogen) atoms. The van der Waals surface area contributed by atoms with Gasteiger partial charge in [0.1, 0.15) is 11.2 Å². The molecule has 10 heteroatoms. The quantitative estimate of drug-likeness (QED) is 0.440. The highest BCUT2D eigenvalue weighted by molar-refractivity contribution is 7.17. The molecule has 0 spiro atoms. The van der Waals surface area contributed by atoms with E-state index in [0.29, 0.717) is 17.0 Å². The number of amides is 1. The molecule has 1 aliphatic carbocycles. The molecule has 0 saturated heterocycles. The van der Waals surface area contributed by atoms with Gasteiger partial charge in [0.2, 0.25) is 5.69 Å². The Morgan fingerprint density at radius 2 is 2.19 bits per heavy atom. The van der Waals surface area contributed by atoms with E-state index in [4.69, 9.17) is 4.74 Å². The second-order valence-electron chi connectivity index (χ2n) is 6.38. The largest absolute Gasteiger partial charge is 0.459 e. The number of rotatable bonds is 6. The number of ether oxygens (including phenoxy) is 1. The van der Waals surface area contributed by atoms with E-state index in [-0.39, 0.29) is 11.8 Å². The maximum atomic E-state index is 12.7. The van der Waals surface area contributed by atoms with Gasteiger partial charge in [0.25, 0.3) is 5.91 Å². The number of nitrogens with zero attached hydrogens (tertiary/aromatic N) is 2. The maximum Gasteiger partial charge on any atom is 0.341 e. The number of thiophene rings is 1. The third kappa shape index (κ3) is 3.85. The van der Waals surface area contributed by atoms with Gasteiger partial charge in [0.15, 0.2) is 0 Å². The van der Waals surface area contributed by atoms with Crippen LogP contribution in [0, 0.1) is 10.1 Å². The zero-order chi connectivity index (χ0) is 19.6. The highest BCUT2D eigenvalue weighted by atomic mass is 32.1. The number of aryl methyl sites for hydroxylation is 1. The summed E-state index contributed by atoms with van der Waals surface area (Å²) in [5.41, 5.74) is 0.602. The van der Waals surface area contributed by atoms with Crippen molar-refractivity contribution >= 4 is 33.9 Å². The number of nitrogens with one attached hydrogen (secondary N) is 2. The molecule has 1 amide bonds. The molecule has 1 unspecified atom stereocenters. The summed E-state index contributed by atoms with van der Waals surface area (Å²) in [5, 5.41) is 19.9. The van der Waals surface area contributed by atoms with Crippen molar-refractivity contribution < 1.29 is 19.2 Å². The Kier molecular flexibility index (Phi) is 5.54. The molecule has 0 radical (unpaired) electrons. The average Bonchev–Trinajstić information content (AvgIpc) is 3.25. The van der Waals surface area contributed by atoms with Crippen LogP contribution in [0.4, 0.5) is 10.7 Å². The number of anilines is 1. The number of carbonyl (C=O) groups excluding carboxylic acids is 2. The molecule has 0 saturated carbocycles. The number of aromatic amines is 1. The van der Waals surface area contributed by atoms with Gasteiger partial charge in [-0.3, -0.25) is 20.0 Å². The molecule has 0 bridgehead atoms. The monoisotopic (exact) mass is 392 g/mol. The number of H-pyrrole nitrogens is 1. The van der Waals surface area contributed by atoms with Crippen molar-refractivity contribution in [2.24, 2.45) is 0 Å². The lowest BCUT2D eigenvalue weighted by molar-refractivity contribution is -0.385. The van der Waals surface area contributed by atoms with Crippen LogP contribution in [-0.2, 0) is 17.6 Å². The number of carbonyl (C=O) groups is 2. The lowest BCUT2D eigenvalue weighted by Gasteiger charge is -2.15. The fourth-order valence-electron chi connectivity index (χ4n) is 2.95. The van der Waals surface area contributed by atoms with Crippen molar-refractivity contribution in [3.63, 3.8) is 0 Å². The van der Waals surface area contributed by atoms with Crippen molar-refractivity contribution in [2.75, 3.05) is 5.32 Å². The molecule has 144 valence electrons. The summed E-state index contributed by atoms with van der Waals surface area (Å²) in [6.45, 7) is 3.73. The third-order valence-electron chi connectivity index (χ3n) is 4.53. The molecule has 2 N–H and O–H groups in total. The van der Waals surface area contributed by atoms with Crippen LogP contribution < -0.4 is 5.32 Å². The lowest BCUT2D eigenvalue weighted by Crippen LogP contribution is -2.19. The first-order valence-corrected chi connectivity index (χ1v) is 9.58. The summed E-state index contributed by atoms with van der Waals surface area (Å²) in [6, 6.07) is 0. The van der Waals surface area contributed by atoms with E-state index in [0.717, 1.165) is 42.3 Å². The smallest absolute Gasteiger partial charge is 0.341 e. The summed E-state index contributed by atoms with van der Waals surface area (Å²) < 4.78 is 5.47. The number of esters is 1. The van der Waals surface area contributed by atoms with Gasteiger partial charge < -0.3 is 10.1 Å². The van der Waals surface area contributed by atoms with Crippen molar-refractivity contribution in [3.05, 3.63) is 38.0 Å². The Balaban J connectivity index is 1.93. The highest BCUT2D eigenvalue weighted by Gasteiger charge is 2.30. The number of hydrogen-bond acceptors (Lipinski definition) is 7. The molecule has 0 fully saturated rings. The average molecular weight is 392 g/mol. The van der Waals surface area contributed by atoms with Crippen molar-refractivity contribution in [1.29, 1.82) is 0 Å². The number of hydrogen-bond donors (Lipinski definition) is 2. The van der Waals surface area contributed by atoms with Crippen molar-refractivity contribution in [3.8, 4) is 0 Å². The van der Waals surface area contributed by atoms with Gasteiger partial charge in [-0.15, -0.1) is 11.3 Å². The van der Waals surface area contributed by atoms with Gasteiger partial charge in [-0.1, -0.05) is 6.92 Å². The van der Waals surface area contributed by atoms with E-state index in [2.05, 4.69) is 15.5 Å². The van der Waals surface area contributed by atoms with Gasteiger partial charge in [0.05, 0.1) is 16.6 Å². The van der Waals surface area contributed by atoms with E-state index in [1.807, 2.05) is 13.8 Å². The molecule has 1 atom stereocenters. The topological polar surface area (TPSA) is 127 Å². The lowest BCUT2D eigenvalue weighted by atomic mass is 9.95. The Morgan fingerprint density at radius 3 is 2.89 bits per heavy atom. The van der Waals surface area contributed by atoms with Crippen LogP contribution >= 0.6 is 11.3 Å². The summed E-state index contributed by atoms with van der Waals surface area (Å²) >= 11 is 1.33. The Morgan fingerprint density at radius 1 is 1.44 bits per heavy atom. The Bertz CT molecular complexity index is 888. The van der Waals surface area contributed by atoms with Crippen molar-refractivity contribution in [2.45, 2.75) is 52.1 Å². The first-order chi connectivity index (χ1) is 12.9. The van der Waals surface area contributed by atoms with Crippen LogP contribution in [0.2, 0.25) is 0 Å². The zero-order valence-electron chi connectivity index (χ0n) is 15.0. The molecule has 2 aromatic rings.